The Morgan fingerprint density at radius 2 is 1.85 bits per heavy atom. The fourth-order valence-corrected chi connectivity index (χ4v) is 3.57. The molecule has 1 aromatic heterocycles. The first kappa shape index (κ1) is 15.1. The van der Waals surface area contributed by atoms with Gasteiger partial charge in [-0.15, -0.1) is 23.4 Å². The summed E-state index contributed by atoms with van der Waals surface area (Å²) in [4.78, 5) is 0. The molecule has 2 rings (SSSR count). The van der Waals surface area contributed by atoms with Crippen molar-refractivity contribution in [3.63, 3.8) is 0 Å². The highest BCUT2D eigenvalue weighted by molar-refractivity contribution is 8.01. The Kier molecular flexibility index (Phi) is 4.54. The maximum atomic E-state index is 12.1. The Bertz CT molecular complexity index is 569. The predicted octanol–water partition coefficient (Wildman–Crippen LogP) is 4.60. The van der Waals surface area contributed by atoms with Gasteiger partial charge in [-0.25, -0.2) is 0 Å². The van der Waals surface area contributed by atoms with Gasteiger partial charge in [0.15, 0.2) is 4.34 Å². The zero-order chi connectivity index (χ0) is 14.8. The van der Waals surface area contributed by atoms with Crippen molar-refractivity contribution >= 4 is 23.1 Å². The van der Waals surface area contributed by atoms with Crippen LogP contribution in [0, 0.1) is 6.92 Å². The summed E-state index contributed by atoms with van der Waals surface area (Å²) in [7, 11) is 0. The smallest absolute Gasteiger partial charge is 0.406 e. The van der Waals surface area contributed by atoms with Gasteiger partial charge in [-0.2, -0.15) is 0 Å². The Labute approximate surface area is 122 Å². The first-order valence-corrected chi connectivity index (χ1v) is 7.35. The second kappa shape index (κ2) is 6.01. The number of hydrogen-bond acceptors (Lipinski definition) is 5. The summed E-state index contributed by atoms with van der Waals surface area (Å²) in [6.45, 7) is 3.83. The van der Waals surface area contributed by atoms with Crippen molar-refractivity contribution in [1.29, 1.82) is 0 Å². The summed E-state index contributed by atoms with van der Waals surface area (Å²) in [6.07, 6.45) is -4.66. The SMILES string of the molecule is Cc1nnc(SC(C)c2ccc(OC(F)(F)F)cc2)s1. The summed E-state index contributed by atoms with van der Waals surface area (Å²) < 4.78 is 40.8. The Hall–Kier alpha value is -1.28. The van der Waals surface area contributed by atoms with E-state index >= 15 is 0 Å². The molecule has 0 fully saturated rings. The number of benzene rings is 1. The summed E-state index contributed by atoms with van der Waals surface area (Å²) in [6, 6.07) is 5.86. The van der Waals surface area contributed by atoms with E-state index in [9.17, 15) is 13.2 Å². The van der Waals surface area contributed by atoms with Gasteiger partial charge in [-0.05, 0) is 31.5 Å². The van der Waals surface area contributed by atoms with Crippen molar-refractivity contribution in [3.05, 3.63) is 34.8 Å². The van der Waals surface area contributed by atoms with E-state index < -0.39 is 6.36 Å². The summed E-state index contributed by atoms with van der Waals surface area (Å²) in [5.74, 6) is -0.217. The first-order chi connectivity index (χ1) is 9.33. The summed E-state index contributed by atoms with van der Waals surface area (Å²) in [5, 5.41) is 8.88. The van der Waals surface area contributed by atoms with Crippen LogP contribution in [0.3, 0.4) is 0 Å². The molecule has 0 saturated carbocycles. The average Bonchev–Trinajstić information content (AvgIpc) is 2.73. The summed E-state index contributed by atoms with van der Waals surface area (Å²) >= 11 is 3.01. The van der Waals surface area contributed by atoms with Crippen molar-refractivity contribution in [2.75, 3.05) is 0 Å². The maximum absolute atomic E-state index is 12.1. The number of halogens is 3. The molecule has 0 saturated heterocycles. The molecule has 108 valence electrons. The van der Waals surface area contributed by atoms with E-state index in [2.05, 4.69) is 14.9 Å². The van der Waals surface area contributed by atoms with Crippen LogP contribution in [0.15, 0.2) is 28.6 Å². The number of thioether (sulfide) groups is 1. The van der Waals surface area contributed by atoms with Crippen LogP contribution in [-0.2, 0) is 0 Å². The number of alkyl halides is 3. The van der Waals surface area contributed by atoms with Gasteiger partial charge in [0.2, 0.25) is 0 Å². The molecule has 1 unspecified atom stereocenters. The second-order valence-electron chi connectivity index (χ2n) is 3.96. The maximum Gasteiger partial charge on any atom is 0.573 e. The van der Waals surface area contributed by atoms with Crippen LogP contribution < -0.4 is 4.74 Å². The number of ether oxygens (including phenoxy) is 1. The van der Waals surface area contributed by atoms with Crippen LogP contribution in [0.4, 0.5) is 13.2 Å². The molecule has 0 bridgehead atoms. The van der Waals surface area contributed by atoms with Crippen LogP contribution in [0.5, 0.6) is 5.75 Å². The molecule has 20 heavy (non-hydrogen) atoms. The topological polar surface area (TPSA) is 35.0 Å². The molecular formula is C12H11F3N2OS2. The van der Waals surface area contributed by atoms with Crippen molar-refractivity contribution in [2.45, 2.75) is 29.8 Å². The number of aromatic nitrogens is 2. The minimum atomic E-state index is -4.66. The van der Waals surface area contributed by atoms with E-state index in [4.69, 9.17) is 0 Å². The number of nitrogens with zero attached hydrogens (tertiary/aromatic N) is 2. The highest BCUT2D eigenvalue weighted by Gasteiger charge is 2.31. The molecule has 0 spiro atoms. The molecule has 1 atom stereocenters. The molecule has 0 N–H and O–H groups in total. The van der Waals surface area contributed by atoms with Crippen molar-refractivity contribution < 1.29 is 17.9 Å². The molecule has 1 aromatic carbocycles. The minimum Gasteiger partial charge on any atom is -0.406 e. The molecular weight excluding hydrogens is 309 g/mol. The number of aryl methyl sites for hydroxylation is 1. The van der Waals surface area contributed by atoms with Gasteiger partial charge < -0.3 is 4.74 Å². The van der Waals surface area contributed by atoms with E-state index in [1.54, 1.807) is 12.1 Å². The van der Waals surface area contributed by atoms with Gasteiger partial charge >= 0.3 is 6.36 Å². The largest absolute Gasteiger partial charge is 0.573 e. The lowest BCUT2D eigenvalue weighted by Gasteiger charge is -2.12. The highest BCUT2D eigenvalue weighted by atomic mass is 32.2. The van der Waals surface area contributed by atoms with Crippen molar-refractivity contribution in [1.82, 2.24) is 10.2 Å². The van der Waals surface area contributed by atoms with Gasteiger partial charge in [0.25, 0.3) is 0 Å². The average molecular weight is 320 g/mol. The van der Waals surface area contributed by atoms with Gasteiger partial charge in [0.1, 0.15) is 10.8 Å². The van der Waals surface area contributed by atoms with Crippen LogP contribution in [-0.4, -0.2) is 16.6 Å². The van der Waals surface area contributed by atoms with Crippen molar-refractivity contribution in [2.24, 2.45) is 0 Å². The minimum absolute atomic E-state index is 0.0716. The zero-order valence-electron chi connectivity index (χ0n) is 10.6. The third-order valence-electron chi connectivity index (χ3n) is 2.37. The van der Waals surface area contributed by atoms with Gasteiger partial charge in [0.05, 0.1) is 0 Å². The Morgan fingerprint density at radius 3 is 2.35 bits per heavy atom. The standard InChI is InChI=1S/C12H11F3N2OS2/c1-7(19-11-17-16-8(2)20-11)9-3-5-10(6-4-9)18-12(13,14)15/h3-7H,1-2H3. The lowest BCUT2D eigenvalue weighted by molar-refractivity contribution is -0.274. The summed E-state index contributed by atoms with van der Waals surface area (Å²) in [5.41, 5.74) is 0.900. The molecule has 0 aliphatic carbocycles. The number of rotatable bonds is 4. The Morgan fingerprint density at radius 1 is 1.20 bits per heavy atom. The number of hydrogen-bond donors (Lipinski definition) is 0. The molecule has 0 radical (unpaired) electrons. The van der Waals surface area contributed by atoms with Crippen molar-refractivity contribution in [3.8, 4) is 5.75 Å². The van der Waals surface area contributed by atoms with Gasteiger partial charge in [-0.3, -0.25) is 0 Å². The predicted molar refractivity (Wildman–Crippen MR) is 72.0 cm³/mol. The van der Waals surface area contributed by atoms with Crippen LogP contribution in [0.1, 0.15) is 22.7 Å². The quantitative estimate of drug-likeness (QED) is 0.771. The molecule has 0 aliphatic heterocycles. The van der Waals surface area contributed by atoms with E-state index in [1.165, 1.54) is 35.2 Å². The molecule has 3 nitrogen and oxygen atoms in total. The van der Waals surface area contributed by atoms with Gasteiger partial charge in [-0.1, -0.05) is 35.2 Å². The molecule has 0 amide bonds. The van der Waals surface area contributed by atoms with E-state index in [0.29, 0.717) is 0 Å². The second-order valence-corrected chi connectivity index (χ2v) is 6.73. The fourth-order valence-electron chi connectivity index (χ4n) is 1.49. The van der Waals surface area contributed by atoms with Gasteiger partial charge in [0, 0.05) is 5.25 Å². The van der Waals surface area contributed by atoms with E-state index in [-0.39, 0.29) is 11.0 Å². The fraction of sp³-hybridized carbons (Fsp3) is 0.333. The normalized spacial score (nSPS) is 13.2. The third kappa shape index (κ3) is 4.38. The van der Waals surface area contributed by atoms with Crippen LogP contribution in [0.2, 0.25) is 0 Å². The monoisotopic (exact) mass is 320 g/mol. The van der Waals surface area contributed by atoms with E-state index in [1.807, 2.05) is 13.8 Å². The molecule has 8 heteroatoms. The lowest BCUT2D eigenvalue weighted by Crippen LogP contribution is -2.17. The molecule has 2 aromatic rings. The Balaban J connectivity index is 2.02. The third-order valence-corrected chi connectivity index (χ3v) is 4.45. The molecule has 1 heterocycles. The first-order valence-electron chi connectivity index (χ1n) is 5.66. The zero-order valence-corrected chi connectivity index (χ0v) is 12.3. The van der Waals surface area contributed by atoms with E-state index in [0.717, 1.165) is 14.9 Å². The van der Waals surface area contributed by atoms with Crippen LogP contribution >= 0.6 is 23.1 Å². The molecule has 0 aliphatic rings. The highest BCUT2D eigenvalue weighted by Crippen LogP contribution is 2.36. The van der Waals surface area contributed by atoms with Crippen LogP contribution in [0.25, 0.3) is 0 Å². The lowest BCUT2D eigenvalue weighted by atomic mass is 10.2.